The van der Waals surface area contributed by atoms with Crippen LogP contribution < -0.4 is 14.8 Å². The van der Waals surface area contributed by atoms with Crippen LogP contribution in [-0.2, 0) is 10.2 Å². The van der Waals surface area contributed by atoms with E-state index in [1.54, 1.807) is 12.1 Å². The standard InChI is InChI=1S/C25H20FNO5/c1-14-2-4-19(12-20(14)15-8-16(23(28)29)10-18(26)9-15)27-24(30)25(6-7-25)17-3-5-21-22(11-17)32-13-31-21/h2-5,8-12H,6-7,13H2,1H3,(H,27,30)(H,28,29). The topological polar surface area (TPSA) is 84.9 Å². The molecular formula is C25H20FNO5. The zero-order chi connectivity index (χ0) is 22.5. The number of nitrogens with one attached hydrogen (secondary N) is 1. The van der Waals surface area contributed by atoms with Crippen LogP contribution in [0.1, 0.15) is 34.3 Å². The maximum Gasteiger partial charge on any atom is 0.335 e. The van der Waals surface area contributed by atoms with Crippen LogP contribution in [0.15, 0.2) is 54.6 Å². The molecule has 5 rings (SSSR count). The molecule has 0 bridgehead atoms. The summed E-state index contributed by atoms with van der Waals surface area (Å²) in [5.74, 6) is -0.652. The van der Waals surface area contributed by atoms with E-state index in [-0.39, 0.29) is 18.3 Å². The number of benzene rings is 3. The summed E-state index contributed by atoms with van der Waals surface area (Å²) in [6.45, 7) is 2.02. The van der Waals surface area contributed by atoms with Gasteiger partial charge in [0, 0.05) is 5.69 Å². The molecule has 0 spiro atoms. The minimum Gasteiger partial charge on any atom is -0.478 e. The number of rotatable bonds is 5. The minimum atomic E-state index is -1.20. The highest BCUT2D eigenvalue weighted by molar-refractivity contribution is 6.02. The Bertz CT molecular complexity index is 1270. The molecule has 1 aliphatic carbocycles. The van der Waals surface area contributed by atoms with Gasteiger partial charge in [-0.1, -0.05) is 12.1 Å². The number of hydrogen-bond donors (Lipinski definition) is 2. The van der Waals surface area contributed by atoms with E-state index in [0.717, 1.165) is 30.0 Å². The Morgan fingerprint density at radius 1 is 1.00 bits per heavy atom. The predicted molar refractivity (Wildman–Crippen MR) is 116 cm³/mol. The van der Waals surface area contributed by atoms with E-state index in [4.69, 9.17) is 9.47 Å². The molecule has 2 N–H and O–H groups in total. The van der Waals surface area contributed by atoms with Gasteiger partial charge in [-0.3, -0.25) is 4.79 Å². The fourth-order valence-electron chi connectivity index (χ4n) is 4.10. The Morgan fingerprint density at radius 3 is 2.53 bits per heavy atom. The second-order valence-electron chi connectivity index (χ2n) is 8.17. The summed E-state index contributed by atoms with van der Waals surface area (Å²) >= 11 is 0. The summed E-state index contributed by atoms with van der Waals surface area (Å²) in [5.41, 5.74) is 2.61. The van der Waals surface area contributed by atoms with Gasteiger partial charge in [0.1, 0.15) is 5.82 Å². The van der Waals surface area contributed by atoms with Gasteiger partial charge in [-0.05, 0) is 84.5 Å². The van der Waals surface area contributed by atoms with E-state index in [9.17, 15) is 19.1 Å². The lowest BCUT2D eigenvalue weighted by molar-refractivity contribution is -0.118. The molecule has 0 unspecified atom stereocenters. The fraction of sp³-hybridized carbons (Fsp3) is 0.200. The normalized spacial score (nSPS) is 15.3. The quantitative estimate of drug-likeness (QED) is 0.598. The Hall–Kier alpha value is -3.87. The molecule has 1 saturated carbocycles. The van der Waals surface area contributed by atoms with E-state index in [1.807, 2.05) is 31.2 Å². The van der Waals surface area contributed by atoms with Gasteiger partial charge >= 0.3 is 5.97 Å². The van der Waals surface area contributed by atoms with Gasteiger partial charge in [-0.15, -0.1) is 0 Å². The van der Waals surface area contributed by atoms with Crippen LogP contribution in [0.4, 0.5) is 10.1 Å². The number of ether oxygens (including phenoxy) is 2. The molecule has 1 fully saturated rings. The van der Waals surface area contributed by atoms with Crippen molar-refractivity contribution in [1.82, 2.24) is 0 Å². The smallest absolute Gasteiger partial charge is 0.335 e. The van der Waals surface area contributed by atoms with Crippen molar-refractivity contribution in [2.75, 3.05) is 12.1 Å². The molecule has 0 atom stereocenters. The third-order valence-corrected chi connectivity index (χ3v) is 6.06. The first-order chi connectivity index (χ1) is 15.4. The number of hydrogen-bond acceptors (Lipinski definition) is 4. The van der Waals surface area contributed by atoms with Crippen LogP contribution in [0.3, 0.4) is 0 Å². The number of anilines is 1. The van der Waals surface area contributed by atoms with Crippen LogP contribution in [-0.4, -0.2) is 23.8 Å². The molecule has 3 aromatic rings. The Labute approximate surface area is 183 Å². The maximum atomic E-state index is 14.0. The molecule has 162 valence electrons. The van der Waals surface area contributed by atoms with Crippen LogP contribution in [0.25, 0.3) is 11.1 Å². The van der Waals surface area contributed by atoms with Crippen molar-refractivity contribution in [3.05, 3.63) is 77.1 Å². The summed E-state index contributed by atoms with van der Waals surface area (Å²) in [6, 6.07) is 14.6. The molecule has 1 aliphatic heterocycles. The van der Waals surface area contributed by atoms with Crippen LogP contribution >= 0.6 is 0 Å². The number of aryl methyl sites for hydroxylation is 1. The number of fused-ring (bicyclic) bond motifs is 1. The maximum absolute atomic E-state index is 14.0. The molecule has 0 saturated heterocycles. The lowest BCUT2D eigenvalue weighted by atomic mass is 9.94. The molecule has 2 aliphatic rings. The largest absolute Gasteiger partial charge is 0.478 e. The van der Waals surface area contributed by atoms with Gasteiger partial charge in [0.2, 0.25) is 12.7 Å². The van der Waals surface area contributed by atoms with Crippen LogP contribution in [0, 0.1) is 12.7 Å². The summed E-state index contributed by atoms with van der Waals surface area (Å²) < 4.78 is 24.8. The summed E-state index contributed by atoms with van der Waals surface area (Å²) in [7, 11) is 0. The first-order valence-electron chi connectivity index (χ1n) is 10.2. The first kappa shape index (κ1) is 20.1. The minimum absolute atomic E-state index is 0.128. The van der Waals surface area contributed by atoms with Crippen molar-refractivity contribution in [2.24, 2.45) is 0 Å². The molecule has 1 amide bonds. The molecule has 6 nitrogen and oxygen atoms in total. The highest BCUT2D eigenvalue weighted by Crippen LogP contribution is 2.51. The van der Waals surface area contributed by atoms with Crippen LogP contribution in [0.5, 0.6) is 11.5 Å². The van der Waals surface area contributed by atoms with E-state index in [2.05, 4.69) is 5.32 Å². The number of carboxylic acids is 1. The van der Waals surface area contributed by atoms with Crippen molar-refractivity contribution in [1.29, 1.82) is 0 Å². The van der Waals surface area contributed by atoms with Gasteiger partial charge in [-0.25, -0.2) is 9.18 Å². The Balaban J connectivity index is 1.43. The second kappa shape index (κ2) is 7.37. The van der Waals surface area contributed by atoms with Gasteiger partial charge in [0.15, 0.2) is 11.5 Å². The Kier molecular flexibility index (Phi) is 4.62. The number of carboxylic acid groups (broad SMARTS) is 1. The first-order valence-corrected chi connectivity index (χ1v) is 10.2. The monoisotopic (exact) mass is 433 g/mol. The van der Waals surface area contributed by atoms with Gasteiger partial charge in [-0.2, -0.15) is 0 Å². The zero-order valence-corrected chi connectivity index (χ0v) is 17.3. The summed E-state index contributed by atoms with van der Waals surface area (Å²) in [5, 5.41) is 12.2. The molecule has 7 heteroatoms. The summed E-state index contributed by atoms with van der Waals surface area (Å²) in [6.07, 6.45) is 1.45. The number of aromatic carboxylic acids is 1. The fourth-order valence-corrected chi connectivity index (χ4v) is 4.10. The molecule has 3 aromatic carbocycles. The third kappa shape index (κ3) is 3.45. The van der Waals surface area contributed by atoms with E-state index in [1.165, 1.54) is 12.1 Å². The second-order valence-corrected chi connectivity index (χ2v) is 8.17. The zero-order valence-electron chi connectivity index (χ0n) is 17.3. The molecule has 1 heterocycles. The van der Waals surface area contributed by atoms with Crippen molar-refractivity contribution in [3.8, 4) is 22.6 Å². The number of halogens is 1. The molecule has 32 heavy (non-hydrogen) atoms. The van der Waals surface area contributed by atoms with Gasteiger partial charge in [0.05, 0.1) is 11.0 Å². The number of amides is 1. The lowest BCUT2D eigenvalue weighted by Crippen LogP contribution is -2.27. The van der Waals surface area contributed by atoms with Crippen LogP contribution in [0.2, 0.25) is 0 Å². The van der Waals surface area contributed by atoms with Crippen molar-refractivity contribution >= 4 is 17.6 Å². The van der Waals surface area contributed by atoms with E-state index < -0.39 is 17.2 Å². The number of carbonyl (C=O) groups excluding carboxylic acids is 1. The van der Waals surface area contributed by atoms with Gasteiger partial charge < -0.3 is 19.9 Å². The summed E-state index contributed by atoms with van der Waals surface area (Å²) in [4.78, 5) is 24.5. The predicted octanol–water partition coefficient (Wildman–Crippen LogP) is 4.90. The third-order valence-electron chi connectivity index (χ3n) is 6.06. The average Bonchev–Trinajstić information content (AvgIpc) is 3.45. The highest BCUT2D eigenvalue weighted by Gasteiger charge is 2.51. The number of carbonyl (C=O) groups is 2. The Morgan fingerprint density at radius 2 is 1.78 bits per heavy atom. The molecule has 0 aromatic heterocycles. The average molecular weight is 433 g/mol. The lowest BCUT2D eigenvalue weighted by Gasteiger charge is -2.17. The SMILES string of the molecule is Cc1ccc(NC(=O)C2(c3ccc4c(c3)OCO4)CC2)cc1-c1cc(F)cc(C(=O)O)c1. The van der Waals surface area contributed by atoms with E-state index in [0.29, 0.717) is 28.3 Å². The highest BCUT2D eigenvalue weighted by atomic mass is 19.1. The van der Waals surface area contributed by atoms with Crippen molar-refractivity contribution in [3.63, 3.8) is 0 Å². The molecule has 0 radical (unpaired) electrons. The van der Waals surface area contributed by atoms with E-state index >= 15 is 0 Å². The van der Waals surface area contributed by atoms with Crippen molar-refractivity contribution in [2.45, 2.75) is 25.2 Å². The van der Waals surface area contributed by atoms with Gasteiger partial charge in [0.25, 0.3) is 0 Å². The molecular weight excluding hydrogens is 413 g/mol. The van der Waals surface area contributed by atoms with Crippen molar-refractivity contribution < 1.29 is 28.6 Å².